The zero-order valence-electron chi connectivity index (χ0n) is 24.9. The van der Waals surface area contributed by atoms with Crippen LogP contribution in [0, 0.1) is 6.92 Å². The first-order chi connectivity index (χ1) is 21.4. The van der Waals surface area contributed by atoms with Crippen LogP contribution in [0.2, 0.25) is 5.02 Å². The normalized spacial score (nSPS) is 15.2. The Morgan fingerprint density at radius 2 is 1.66 bits per heavy atom. The number of fused-ring (bicyclic) bond motifs is 3. The third-order valence-corrected chi connectivity index (χ3v) is 8.10. The number of rotatable bonds is 9. The molecule has 1 fully saturated rings. The maximum atomic E-state index is 12.5. The second-order valence-electron chi connectivity index (χ2n) is 10.9. The summed E-state index contributed by atoms with van der Waals surface area (Å²) in [4.78, 5) is 21.9. The van der Waals surface area contributed by atoms with Crippen LogP contribution >= 0.6 is 11.6 Å². The van der Waals surface area contributed by atoms with E-state index in [9.17, 15) is 4.79 Å². The van der Waals surface area contributed by atoms with Crippen LogP contribution in [-0.4, -0.2) is 80.4 Å². The summed E-state index contributed by atoms with van der Waals surface area (Å²) in [6.45, 7) is 8.68. The van der Waals surface area contributed by atoms with Gasteiger partial charge in [-0.05, 0) is 74.5 Å². The lowest BCUT2D eigenvalue weighted by molar-refractivity contribution is 0.142. The van der Waals surface area contributed by atoms with Gasteiger partial charge in [-0.15, -0.1) is 0 Å². The molecule has 44 heavy (non-hydrogen) atoms. The number of benzene rings is 3. The predicted octanol–water partition coefficient (Wildman–Crippen LogP) is 6.42. The SMILES string of the molecule is Cc1cc(NC(=O)Nc2ccc(Oc3ccnc4cc(OCCCN5CCN(C)CC5)c5c(c34)OCCO5)cc2)ccc1Cl. The number of urea groups is 1. The standard InChI is InChI=1S/C33H36ClN5O5/c1-22-20-24(6-9-26(22)34)37-33(40)36-23-4-7-25(8-5-23)44-28-10-11-35-27-21-29(31-32(30(27)28)43-19-18-42-31)41-17-3-12-39-15-13-38(2)14-16-39/h4-11,20-21H,3,12-19H2,1-2H3,(H2,36,37,40). The van der Waals surface area contributed by atoms with E-state index >= 15 is 0 Å². The lowest BCUT2D eigenvalue weighted by Gasteiger charge is -2.32. The highest BCUT2D eigenvalue weighted by molar-refractivity contribution is 6.31. The Morgan fingerprint density at radius 1 is 0.932 bits per heavy atom. The Balaban J connectivity index is 1.12. The maximum Gasteiger partial charge on any atom is 0.323 e. The number of aryl methyl sites for hydroxylation is 1. The maximum absolute atomic E-state index is 12.5. The van der Waals surface area contributed by atoms with Gasteiger partial charge in [-0.2, -0.15) is 0 Å². The number of hydrogen-bond donors (Lipinski definition) is 2. The molecule has 3 aromatic carbocycles. The van der Waals surface area contributed by atoms with Crippen LogP contribution in [0.25, 0.3) is 10.9 Å². The highest BCUT2D eigenvalue weighted by Crippen LogP contribution is 2.48. The number of halogens is 1. The Bertz CT molecular complexity index is 1630. The molecule has 1 aromatic heterocycles. The highest BCUT2D eigenvalue weighted by Gasteiger charge is 2.25. The molecule has 10 nitrogen and oxygen atoms in total. The molecule has 2 N–H and O–H groups in total. The zero-order valence-corrected chi connectivity index (χ0v) is 25.7. The molecule has 0 saturated carbocycles. The number of amides is 2. The van der Waals surface area contributed by atoms with Crippen molar-refractivity contribution in [3.63, 3.8) is 0 Å². The molecule has 0 bridgehead atoms. The number of carbonyl (C=O) groups excluding carboxylic acids is 1. The number of aromatic nitrogens is 1. The van der Waals surface area contributed by atoms with Crippen molar-refractivity contribution in [2.75, 3.05) is 70.2 Å². The van der Waals surface area contributed by atoms with E-state index in [2.05, 4.69) is 32.5 Å². The van der Waals surface area contributed by atoms with E-state index in [0.717, 1.165) is 44.7 Å². The molecule has 2 amide bonds. The first kappa shape index (κ1) is 29.8. The van der Waals surface area contributed by atoms with Crippen LogP contribution in [0.15, 0.2) is 60.8 Å². The molecule has 2 aliphatic rings. The van der Waals surface area contributed by atoms with Crippen molar-refractivity contribution >= 4 is 39.9 Å². The molecule has 3 heterocycles. The van der Waals surface area contributed by atoms with Gasteiger partial charge in [0.25, 0.3) is 0 Å². The van der Waals surface area contributed by atoms with E-state index in [-0.39, 0.29) is 6.03 Å². The lowest BCUT2D eigenvalue weighted by Crippen LogP contribution is -2.44. The van der Waals surface area contributed by atoms with Gasteiger partial charge in [0, 0.05) is 61.4 Å². The summed E-state index contributed by atoms with van der Waals surface area (Å²) in [5, 5.41) is 7.00. The van der Waals surface area contributed by atoms with Gasteiger partial charge in [-0.3, -0.25) is 4.98 Å². The topological polar surface area (TPSA) is 97.4 Å². The molecule has 0 atom stereocenters. The van der Waals surface area contributed by atoms with Crippen LogP contribution < -0.4 is 29.6 Å². The Labute approximate surface area is 261 Å². The smallest absolute Gasteiger partial charge is 0.323 e. The second kappa shape index (κ2) is 13.6. The monoisotopic (exact) mass is 617 g/mol. The summed E-state index contributed by atoms with van der Waals surface area (Å²) in [6, 6.07) is 15.8. The first-order valence-corrected chi connectivity index (χ1v) is 15.2. The number of piperazine rings is 1. The molecule has 0 radical (unpaired) electrons. The third kappa shape index (κ3) is 7.10. The fourth-order valence-corrected chi connectivity index (χ4v) is 5.37. The van der Waals surface area contributed by atoms with Gasteiger partial charge < -0.3 is 39.4 Å². The Morgan fingerprint density at radius 3 is 2.43 bits per heavy atom. The van der Waals surface area contributed by atoms with Gasteiger partial charge in [-0.1, -0.05) is 11.6 Å². The number of hydrogen-bond acceptors (Lipinski definition) is 8. The van der Waals surface area contributed by atoms with Crippen molar-refractivity contribution in [2.45, 2.75) is 13.3 Å². The van der Waals surface area contributed by atoms with Crippen LogP contribution in [0.4, 0.5) is 16.2 Å². The van der Waals surface area contributed by atoms with E-state index in [1.165, 1.54) is 0 Å². The average molecular weight is 618 g/mol. The minimum absolute atomic E-state index is 0.360. The fraction of sp³-hybridized carbons (Fsp3) is 0.333. The van der Waals surface area contributed by atoms with E-state index < -0.39 is 0 Å². The van der Waals surface area contributed by atoms with Crippen LogP contribution in [0.3, 0.4) is 0 Å². The minimum atomic E-state index is -0.360. The molecule has 11 heteroatoms. The molecule has 6 rings (SSSR count). The van der Waals surface area contributed by atoms with Crippen molar-refractivity contribution in [3.05, 3.63) is 71.4 Å². The minimum Gasteiger partial charge on any atom is -0.489 e. The largest absolute Gasteiger partial charge is 0.489 e. The molecular formula is C33H36ClN5O5. The molecular weight excluding hydrogens is 582 g/mol. The number of nitrogens with zero attached hydrogens (tertiary/aromatic N) is 3. The lowest BCUT2D eigenvalue weighted by atomic mass is 10.1. The quantitative estimate of drug-likeness (QED) is 0.208. The average Bonchev–Trinajstić information content (AvgIpc) is 3.03. The van der Waals surface area contributed by atoms with Crippen LogP contribution in [-0.2, 0) is 0 Å². The van der Waals surface area contributed by atoms with Gasteiger partial charge in [0.2, 0.25) is 5.75 Å². The molecule has 230 valence electrons. The van der Waals surface area contributed by atoms with E-state index in [1.807, 2.05) is 19.1 Å². The van der Waals surface area contributed by atoms with Crippen molar-refractivity contribution < 1.29 is 23.7 Å². The number of nitrogens with one attached hydrogen (secondary N) is 2. The van der Waals surface area contributed by atoms with Gasteiger partial charge >= 0.3 is 6.03 Å². The van der Waals surface area contributed by atoms with E-state index in [4.69, 9.17) is 30.5 Å². The van der Waals surface area contributed by atoms with Crippen LogP contribution in [0.1, 0.15) is 12.0 Å². The summed E-state index contributed by atoms with van der Waals surface area (Å²) in [5.74, 6) is 2.93. The van der Waals surface area contributed by atoms with Crippen LogP contribution in [0.5, 0.6) is 28.7 Å². The zero-order chi connectivity index (χ0) is 30.5. The predicted molar refractivity (Wildman–Crippen MR) is 172 cm³/mol. The molecule has 0 unspecified atom stereocenters. The summed E-state index contributed by atoms with van der Waals surface area (Å²) in [7, 11) is 2.16. The van der Waals surface area contributed by atoms with E-state index in [0.29, 0.717) is 75.9 Å². The summed E-state index contributed by atoms with van der Waals surface area (Å²) in [5.41, 5.74) is 2.84. The van der Waals surface area contributed by atoms with Crippen molar-refractivity contribution in [1.29, 1.82) is 0 Å². The number of ether oxygens (including phenoxy) is 4. The first-order valence-electron chi connectivity index (χ1n) is 14.8. The number of anilines is 2. The molecule has 2 aliphatic heterocycles. The van der Waals surface area contributed by atoms with Crippen molar-refractivity contribution in [1.82, 2.24) is 14.8 Å². The van der Waals surface area contributed by atoms with Gasteiger partial charge in [0.1, 0.15) is 24.7 Å². The van der Waals surface area contributed by atoms with E-state index in [1.54, 1.807) is 48.7 Å². The molecule has 0 aliphatic carbocycles. The Hall–Kier alpha value is -4.25. The highest BCUT2D eigenvalue weighted by atomic mass is 35.5. The second-order valence-corrected chi connectivity index (χ2v) is 11.4. The summed E-state index contributed by atoms with van der Waals surface area (Å²) < 4.78 is 24.6. The summed E-state index contributed by atoms with van der Waals surface area (Å²) >= 11 is 6.08. The number of likely N-dealkylation sites (N-methyl/N-ethyl adjacent to an activating group) is 1. The van der Waals surface area contributed by atoms with Crippen molar-refractivity contribution in [2.24, 2.45) is 0 Å². The molecule has 1 saturated heterocycles. The summed E-state index contributed by atoms with van der Waals surface area (Å²) in [6.07, 6.45) is 2.62. The molecule has 0 spiro atoms. The van der Waals surface area contributed by atoms with Gasteiger partial charge in [-0.25, -0.2) is 4.79 Å². The molecule has 4 aromatic rings. The number of pyridine rings is 1. The van der Waals surface area contributed by atoms with Gasteiger partial charge in [0.05, 0.1) is 17.5 Å². The number of carbonyl (C=O) groups is 1. The van der Waals surface area contributed by atoms with Gasteiger partial charge in [0.15, 0.2) is 11.5 Å². The third-order valence-electron chi connectivity index (χ3n) is 7.67. The Kier molecular flexibility index (Phi) is 9.20. The fourth-order valence-electron chi connectivity index (χ4n) is 5.26. The van der Waals surface area contributed by atoms with Crippen molar-refractivity contribution in [3.8, 4) is 28.7 Å².